The first-order valence-electron chi connectivity index (χ1n) is 9.29. The van der Waals surface area contributed by atoms with Crippen molar-refractivity contribution in [3.8, 4) is 11.5 Å². The van der Waals surface area contributed by atoms with Crippen LogP contribution < -0.4 is 14.4 Å². The van der Waals surface area contributed by atoms with Gasteiger partial charge >= 0.3 is 12.6 Å². The van der Waals surface area contributed by atoms with E-state index in [1.165, 1.54) is 43.5 Å². The standard InChI is InChI=1S/C20H20F2N2O7/c1-28-18-10-13(2-5-17(18)31-20(21)22)12-30-19(25)14-3-4-15(16(11-14)24(26)27)23-6-8-29-9-7-23/h2-5,10-11,20H,6-9,12H2,1H3. The van der Waals surface area contributed by atoms with E-state index in [4.69, 9.17) is 14.2 Å². The van der Waals surface area contributed by atoms with Crippen molar-refractivity contribution in [1.82, 2.24) is 0 Å². The highest BCUT2D eigenvalue weighted by Crippen LogP contribution is 2.31. The Bertz CT molecular complexity index is 949. The molecule has 0 bridgehead atoms. The van der Waals surface area contributed by atoms with Crippen LogP contribution in [-0.2, 0) is 16.1 Å². The molecule has 0 radical (unpaired) electrons. The van der Waals surface area contributed by atoms with Gasteiger partial charge in [-0.1, -0.05) is 6.07 Å². The van der Waals surface area contributed by atoms with E-state index in [0.717, 1.165) is 0 Å². The minimum atomic E-state index is -3.01. The first kappa shape index (κ1) is 22.2. The molecule has 0 unspecified atom stereocenters. The molecule has 0 aromatic heterocycles. The van der Waals surface area contributed by atoms with Gasteiger partial charge in [-0.2, -0.15) is 8.78 Å². The lowest BCUT2D eigenvalue weighted by Gasteiger charge is -2.28. The van der Waals surface area contributed by atoms with Crippen LogP contribution in [0.3, 0.4) is 0 Å². The Hall–Kier alpha value is -3.47. The van der Waals surface area contributed by atoms with Crippen LogP contribution in [0, 0.1) is 10.1 Å². The van der Waals surface area contributed by atoms with Crippen molar-refractivity contribution in [3.05, 3.63) is 57.6 Å². The number of ether oxygens (including phenoxy) is 4. The molecule has 0 amide bonds. The fourth-order valence-electron chi connectivity index (χ4n) is 3.10. The topological polar surface area (TPSA) is 100 Å². The number of hydrogen-bond acceptors (Lipinski definition) is 8. The van der Waals surface area contributed by atoms with Gasteiger partial charge in [-0.05, 0) is 29.8 Å². The number of morpholine rings is 1. The molecule has 0 N–H and O–H groups in total. The number of hydrogen-bond donors (Lipinski definition) is 0. The summed E-state index contributed by atoms with van der Waals surface area (Å²) >= 11 is 0. The summed E-state index contributed by atoms with van der Waals surface area (Å²) in [5.74, 6) is -0.857. The monoisotopic (exact) mass is 438 g/mol. The third-order valence-corrected chi connectivity index (χ3v) is 4.57. The minimum absolute atomic E-state index is 0.0216. The number of carbonyl (C=O) groups excluding carboxylic acids is 1. The maximum Gasteiger partial charge on any atom is 0.387 e. The van der Waals surface area contributed by atoms with Crippen LogP contribution in [-0.4, -0.2) is 50.9 Å². The average Bonchev–Trinajstić information content (AvgIpc) is 2.78. The van der Waals surface area contributed by atoms with Crippen molar-refractivity contribution in [2.24, 2.45) is 0 Å². The van der Waals surface area contributed by atoms with Gasteiger partial charge in [0.1, 0.15) is 12.3 Å². The Balaban J connectivity index is 1.71. The lowest BCUT2D eigenvalue weighted by atomic mass is 10.1. The second kappa shape index (κ2) is 10.0. The lowest BCUT2D eigenvalue weighted by molar-refractivity contribution is -0.384. The van der Waals surface area contributed by atoms with Crippen molar-refractivity contribution in [1.29, 1.82) is 0 Å². The molecule has 2 aromatic rings. The van der Waals surface area contributed by atoms with Crippen molar-refractivity contribution in [2.75, 3.05) is 38.3 Å². The van der Waals surface area contributed by atoms with Gasteiger partial charge in [0.05, 0.1) is 30.8 Å². The first-order valence-corrected chi connectivity index (χ1v) is 9.29. The smallest absolute Gasteiger partial charge is 0.387 e. The third kappa shape index (κ3) is 5.57. The lowest BCUT2D eigenvalue weighted by Crippen LogP contribution is -2.36. The minimum Gasteiger partial charge on any atom is -0.493 e. The predicted octanol–water partition coefficient (Wildman–Crippen LogP) is 3.40. The van der Waals surface area contributed by atoms with Crippen LogP contribution in [0.5, 0.6) is 11.5 Å². The normalized spacial score (nSPS) is 13.7. The maximum atomic E-state index is 12.4. The molecule has 166 valence electrons. The third-order valence-electron chi connectivity index (χ3n) is 4.57. The summed E-state index contributed by atoms with van der Waals surface area (Å²) < 4.78 is 44.6. The predicted molar refractivity (Wildman–Crippen MR) is 105 cm³/mol. The van der Waals surface area contributed by atoms with Gasteiger partial charge in [0, 0.05) is 19.2 Å². The zero-order chi connectivity index (χ0) is 22.4. The summed E-state index contributed by atoms with van der Waals surface area (Å²) in [7, 11) is 1.29. The molecule has 1 fully saturated rings. The second-order valence-corrected chi connectivity index (χ2v) is 6.50. The maximum absolute atomic E-state index is 12.4. The van der Waals surface area contributed by atoms with Crippen molar-refractivity contribution in [3.63, 3.8) is 0 Å². The van der Waals surface area contributed by atoms with Crippen molar-refractivity contribution < 1.29 is 37.4 Å². The van der Waals surface area contributed by atoms with Gasteiger partial charge < -0.3 is 23.8 Å². The number of rotatable bonds is 8. The van der Waals surface area contributed by atoms with E-state index in [1.807, 2.05) is 4.90 Å². The Labute approximate surface area is 176 Å². The highest BCUT2D eigenvalue weighted by Gasteiger charge is 2.24. The Morgan fingerprint density at radius 3 is 2.58 bits per heavy atom. The quantitative estimate of drug-likeness (QED) is 0.351. The number of nitro benzene ring substituents is 1. The molecule has 2 aromatic carbocycles. The van der Waals surface area contributed by atoms with E-state index in [0.29, 0.717) is 37.6 Å². The van der Waals surface area contributed by atoms with E-state index >= 15 is 0 Å². The molecular weight excluding hydrogens is 418 g/mol. The van der Waals surface area contributed by atoms with Gasteiger partial charge in [-0.15, -0.1) is 0 Å². The summed E-state index contributed by atoms with van der Waals surface area (Å²) in [5.41, 5.74) is 0.690. The number of halogens is 2. The molecule has 11 heteroatoms. The molecule has 0 spiro atoms. The number of alkyl halides is 2. The summed E-state index contributed by atoms with van der Waals surface area (Å²) in [6, 6.07) is 8.26. The summed E-state index contributed by atoms with van der Waals surface area (Å²) in [6.07, 6.45) is 0. The van der Waals surface area contributed by atoms with Gasteiger partial charge in [0.25, 0.3) is 5.69 Å². The number of carbonyl (C=O) groups is 1. The number of nitrogens with zero attached hydrogens (tertiary/aromatic N) is 2. The first-order chi connectivity index (χ1) is 14.9. The van der Waals surface area contributed by atoms with Crippen LogP contribution in [0.4, 0.5) is 20.2 Å². The number of benzene rings is 2. The molecule has 9 nitrogen and oxygen atoms in total. The molecule has 1 heterocycles. The van der Waals surface area contributed by atoms with Gasteiger partial charge in [0.2, 0.25) is 0 Å². The number of methoxy groups -OCH3 is 1. The average molecular weight is 438 g/mol. The van der Waals surface area contributed by atoms with Crippen LogP contribution >= 0.6 is 0 Å². The summed E-state index contributed by atoms with van der Waals surface area (Å²) in [6.45, 7) is -1.25. The Morgan fingerprint density at radius 1 is 1.19 bits per heavy atom. The molecule has 31 heavy (non-hydrogen) atoms. The van der Waals surface area contributed by atoms with Gasteiger partial charge in [-0.3, -0.25) is 10.1 Å². The molecule has 3 rings (SSSR count). The zero-order valence-electron chi connectivity index (χ0n) is 16.6. The molecule has 0 atom stereocenters. The number of nitro groups is 1. The van der Waals surface area contributed by atoms with Gasteiger partial charge in [-0.25, -0.2) is 4.79 Å². The van der Waals surface area contributed by atoms with Crippen molar-refractivity contribution in [2.45, 2.75) is 13.2 Å². The largest absolute Gasteiger partial charge is 0.493 e. The summed E-state index contributed by atoms with van der Waals surface area (Å²) in [5, 5.41) is 11.5. The van der Waals surface area contributed by atoms with Crippen LogP contribution in [0.25, 0.3) is 0 Å². The Kier molecular flexibility index (Phi) is 7.19. The van der Waals surface area contributed by atoms with Crippen molar-refractivity contribution >= 4 is 17.3 Å². The summed E-state index contributed by atoms with van der Waals surface area (Å²) in [4.78, 5) is 25.2. The van der Waals surface area contributed by atoms with E-state index < -0.39 is 17.5 Å². The van der Waals surface area contributed by atoms with E-state index in [1.54, 1.807) is 0 Å². The van der Waals surface area contributed by atoms with E-state index in [-0.39, 0.29) is 29.4 Å². The molecule has 0 aliphatic carbocycles. The van der Waals surface area contributed by atoms with Crippen LogP contribution in [0.1, 0.15) is 15.9 Å². The number of esters is 1. The molecule has 0 saturated carbocycles. The Morgan fingerprint density at radius 2 is 1.94 bits per heavy atom. The second-order valence-electron chi connectivity index (χ2n) is 6.50. The molecular formula is C20H20F2N2O7. The number of anilines is 1. The fraction of sp³-hybridized carbons (Fsp3) is 0.350. The zero-order valence-corrected chi connectivity index (χ0v) is 16.6. The van der Waals surface area contributed by atoms with E-state index in [2.05, 4.69) is 4.74 Å². The molecule has 1 aliphatic heterocycles. The van der Waals surface area contributed by atoms with Crippen LogP contribution in [0.2, 0.25) is 0 Å². The fourth-order valence-corrected chi connectivity index (χ4v) is 3.10. The highest BCUT2D eigenvalue weighted by molar-refractivity contribution is 5.91. The van der Waals surface area contributed by atoms with E-state index in [9.17, 15) is 23.7 Å². The molecule has 1 saturated heterocycles. The highest BCUT2D eigenvalue weighted by atomic mass is 19.3. The van der Waals surface area contributed by atoms with Gasteiger partial charge in [0.15, 0.2) is 11.5 Å². The molecule has 1 aliphatic rings. The van der Waals surface area contributed by atoms with Crippen LogP contribution in [0.15, 0.2) is 36.4 Å². The SMILES string of the molecule is COc1cc(COC(=O)c2ccc(N3CCOCC3)c([N+](=O)[O-])c2)ccc1OC(F)F.